The highest BCUT2D eigenvalue weighted by Crippen LogP contribution is 2.39. The number of carbonyl (C=O) groups is 2. The van der Waals surface area contributed by atoms with Gasteiger partial charge in [-0.1, -0.05) is 19.9 Å². The molecule has 1 atom stereocenters. The number of amides is 2. The number of ether oxygens (including phenoxy) is 1. The Kier molecular flexibility index (Phi) is 3.83. The van der Waals surface area contributed by atoms with E-state index in [1.54, 1.807) is 18.2 Å². The zero-order valence-electron chi connectivity index (χ0n) is 11.8. The van der Waals surface area contributed by atoms with E-state index in [1.807, 2.05) is 13.8 Å². The van der Waals surface area contributed by atoms with E-state index in [-0.39, 0.29) is 24.3 Å². The van der Waals surface area contributed by atoms with Crippen LogP contribution in [0.1, 0.15) is 13.8 Å². The molecule has 1 heterocycles. The van der Waals surface area contributed by atoms with Gasteiger partial charge in [-0.05, 0) is 18.1 Å². The first-order valence-corrected chi connectivity index (χ1v) is 6.52. The van der Waals surface area contributed by atoms with Gasteiger partial charge >= 0.3 is 0 Å². The number of benzene rings is 1. The van der Waals surface area contributed by atoms with Crippen LogP contribution in [-0.4, -0.2) is 31.5 Å². The molecule has 0 aromatic heterocycles. The lowest BCUT2D eigenvalue weighted by Gasteiger charge is -2.36. The van der Waals surface area contributed by atoms with Crippen LogP contribution in [0.3, 0.4) is 0 Å². The van der Waals surface area contributed by atoms with Gasteiger partial charge in [0.15, 0.2) is 6.10 Å². The monoisotopic (exact) mass is 277 g/mol. The summed E-state index contributed by atoms with van der Waals surface area (Å²) in [7, 11) is 1.53. The number of nitrogens with two attached hydrogens (primary N) is 1. The molecule has 20 heavy (non-hydrogen) atoms. The molecule has 6 heteroatoms. The average Bonchev–Trinajstić information content (AvgIpc) is 2.41. The Bertz CT molecular complexity index is 542. The summed E-state index contributed by atoms with van der Waals surface area (Å²) in [6.45, 7) is 3.74. The highest BCUT2D eigenvalue weighted by Gasteiger charge is 2.38. The normalized spacial score (nSPS) is 17.7. The fourth-order valence-electron chi connectivity index (χ4n) is 2.18. The second-order valence-electron chi connectivity index (χ2n) is 5.07. The lowest BCUT2D eigenvalue weighted by Crippen LogP contribution is -2.51. The number of likely N-dealkylation sites (N-methyl/N-ethyl adjacent to an activating group) is 1. The number of carbonyl (C=O) groups excluding carboxylic acids is 2. The Morgan fingerprint density at radius 1 is 1.50 bits per heavy atom. The standard InChI is InChI=1S/C14H19N3O3/c1-8(2)13-14(19)17(7-11(18)16-3)12-9(15)5-4-6-10(12)20-13/h4-6,8,13H,7,15H2,1-3H3,(H,16,18). The maximum Gasteiger partial charge on any atom is 0.268 e. The zero-order valence-corrected chi connectivity index (χ0v) is 11.8. The van der Waals surface area contributed by atoms with E-state index in [4.69, 9.17) is 10.5 Å². The van der Waals surface area contributed by atoms with Crippen molar-refractivity contribution in [1.82, 2.24) is 5.32 Å². The van der Waals surface area contributed by atoms with Crippen molar-refractivity contribution in [3.05, 3.63) is 18.2 Å². The molecule has 1 aliphatic heterocycles. The molecule has 1 aliphatic rings. The molecule has 2 rings (SSSR count). The van der Waals surface area contributed by atoms with Gasteiger partial charge in [0.1, 0.15) is 18.0 Å². The second kappa shape index (κ2) is 5.40. The summed E-state index contributed by atoms with van der Waals surface area (Å²) in [5.41, 5.74) is 6.82. The minimum Gasteiger partial charge on any atom is -0.478 e. The Hall–Kier alpha value is -2.24. The van der Waals surface area contributed by atoms with Crippen LogP contribution < -0.4 is 20.7 Å². The molecule has 6 nitrogen and oxygen atoms in total. The maximum absolute atomic E-state index is 12.5. The highest BCUT2D eigenvalue weighted by atomic mass is 16.5. The number of nitrogen functional groups attached to an aromatic ring is 1. The maximum atomic E-state index is 12.5. The van der Waals surface area contributed by atoms with E-state index < -0.39 is 6.10 Å². The van der Waals surface area contributed by atoms with E-state index in [2.05, 4.69) is 5.32 Å². The number of nitrogens with zero attached hydrogens (tertiary/aromatic N) is 1. The summed E-state index contributed by atoms with van der Waals surface area (Å²) >= 11 is 0. The van der Waals surface area contributed by atoms with Crippen LogP contribution in [-0.2, 0) is 9.59 Å². The van der Waals surface area contributed by atoms with Crippen LogP contribution in [0.5, 0.6) is 5.75 Å². The molecular formula is C14H19N3O3. The van der Waals surface area contributed by atoms with Crippen LogP contribution in [0.15, 0.2) is 18.2 Å². The van der Waals surface area contributed by atoms with Crippen molar-refractivity contribution < 1.29 is 14.3 Å². The zero-order chi connectivity index (χ0) is 14.9. The first-order chi connectivity index (χ1) is 9.45. The fraction of sp³-hybridized carbons (Fsp3) is 0.429. The fourth-order valence-corrected chi connectivity index (χ4v) is 2.18. The molecule has 1 unspecified atom stereocenters. The van der Waals surface area contributed by atoms with Crippen LogP contribution in [0.25, 0.3) is 0 Å². The first-order valence-electron chi connectivity index (χ1n) is 6.52. The molecule has 0 radical (unpaired) electrons. The van der Waals surface area contributed by atoms with Crippen LogP contribution in [0.2, 0.25) is 0 Å². The third-order valence-corrected chi connectivity index (χ3v) is 3.25. The Labute approximate surface area is 117 Å². The summed E-state index contributed by atoms with van der Waals surface area (Å²) < 4.78 is 5.73. The molecule has 0 saturated carbocycles. The van der Waals surface area contributed by atoms with Gasteiger partial charge in [0.05, 0.1) is 5.69 Å². The summed E-state index contributed by atoms with van der Waals surface area (Å²) in [5.74, 6) is 0.0439. The molecule has 0 bridgehead atoms. The van der Waals surface area contributed by atoms with Gasteiger partial charge < -0.3 is 15.8 Å². The van der Waals surface area contributed by atoms with Crippen LogP contribution in [0, 0.1) is 5.92 Å². The SMILES string of the molecule is CNC(=O)CN1C(=O)C(C(C)C)Oc2cccc(N)c21. The van der Waals surface area contributed by atoms with Crippen molar-refractivity contribution >= 4 is 23.2 Å². The Balaban J connectivity index is 2.46. The second-order valence-corrected chi connectivity index (χ2v) is 5.07. The van der Waals surface area contributed by atoms with Gasteiger partial charge in [-0.25, -0.2) is 0 Å². The number of anilines is 2. The van der Waals surface area contributed by atoms with Gasteiger partial charge in [-0.2, -0.15) is 0 Å². The topological polar surface area (TPSA) is 84.7 Å². The number of para-hydroxylation sites is 1. The third-order valence-electron chi connectivity index (χ3n) is 3.25. The van der Waals surface area contributed by atoms with Crippen LogP contribution >= 0.6 is 0 Å². The molecule has 0 fully saturated rings. The van der Waals surface area contributed by atoms with E-state index in [1.165, 1.54) is 11.9 Å². The molecule has 3 N–H and O–H groups in total. The van der Waals surface area contributed by atoms with Crippen molar-refractivity contribution in [2.24, 2.45) is 5.92 Å². The van der Waals surface area contributed by atoms with Crippen molar-refractivity contribution in [2.75, 3.05) is 24.2 Å². The minimum absolute atomic E-state index is 0.00395. The summed E-state index contributed by atoms with van der Waals surface area (Å²) in [5, 5.41) is 2.51. The number of hydrogen-bond donors (Lipinski definition) is 2. The molecule has 108 valence electrons. The molecule has 2 amide bonds. The number of nitrogens with one attached hydrogen (secondary N) is 1. The first kappa shape index (κ1) is 14.2. The smallest absolute Gasteiger partial charge is 0.268 e. The van der Waals surface area contributed by atoms with E-state index in [0.29, 0.717) is 17.1 Å². The average molecular weight is 277 g/mol. The Morgan fingerprint density at radius 2 is 2.20 bits per heavy atom. The van der Waals surface area contributed by atoms with E-state index >= 15 is 0 Å². The molecule has 0 saturated heterocycles. The molecule has 1 aromatic carbocycles. The number of hydrogen-bond acceptors (Lipinski definition) is 4. The minimum atomic E-state index is -0.603. The van der Waals surface area contributed by atoms with E-state index in [9.17, 15) is 9.59 Å². The lowest BCUT2D eigenvalue weighted by atomic mass is 10.0. The third kappa shape index (κ3) is 2.41. The van der Waals surface area contributed by atoms with Crippen molar-refractivity contribution in [3.63, 3.8) is 0 Å². The van der Waals surface area contributed by atoms with Gasteiger partial charge in [-0.15, -0.1) is 0 Å². The summed E-state index contributed by atoms with van der Waals surface area (Å²) in [6.07, 6.45) is -0.603. The van der Waals surface area contributed by atoms with Crippen molar-refractivity contribution in [3.8, 4) is 5.75 Å². The van der Waals surface area contributed by atoms with Crippen LogP contribution in [0.4, 0.5) is 11.4 Å². The van der Waals surface area contributed by atoms with Gasteiger partial charge in [0, 0.05) is 7.05 Å². The number of fused-ring (bicyclic) bond motifs is 1. The van der Waals surface area contributed by atoms with Gasteiger partial charge in [-0.3, -0.25) is 14.5 Å². The molecule has 0 aliphatic carbocycles. The lowest BCUT2D eigenvalue weighted by molar-refractivity contribution is -0.130. The molecular weight excluding hydrogens is 258 g/mol. The largest absolute Gasteiger partial charge is 0.478 e. The summed E-state index contributed by atoms with van der Waals surface area (Å²) in [6, 6.07) is 5.20. The number of rotatable bonds is 3. The van der Waals surface area contributed by atoms with Crippen molar-refractivity contribution in [2.45, 2.75) is 20.0 Å². The predicted molar refractivity (Wildman–Crippen MR) is 76.5 cm³/mol. The highest BCUT2D eigenvalue weighted by molar-refractivity contribution is 6.06. The predicted octanol–water partition coefficient (Wildman–Crippen LogP) is 0.765. The molecule has 1 aromatic rings. The Morgan fingerprint density at radius 3 is 2.80 bits per heavy atom. The van der Waals surface area contributed by atoms with Crippen molar-refractivity contribution in [1.29, 1.82) is 0 Å². The van der Waals surface area contributed by atoms with Gasteiger partial charge in [0.2, 0.25) is 5.91 Å². The molecule has 0 spiro atoms. The van der Waals surface area contributed by atoms with Gasteiger partial charge in [0.25, 0.3) is 5.91 Å². The summed E-state index contributed by atoms with van der Waals surface area (Å²) in [4.78, 5) is 25.5. The quantitative estimate of drug-likeness (QED) is 0.799. The van der Waals surface area contributed by atoms with E-state index in [0.717, 1.165) is 0 Å².